The SMILES string of the molecule is Cc1cc(C)c2cc(C3CCN(C[C@H](O)COc4cccc5[nH]ccc45)CC3)sc2c1. The number of ether oxygens (including phenoxy) is 1. The molecule has 1 fully saturated rings. The first-order valence-corrected chi connectivity index (χ1v) is 12.0. The molecule has 0 aliphatic carbocycles. The molecule has 1 atom stereocenters. The van der Waals surface area contributed by atoms with Crippen LogP contribution in [-0.4, -0.2) is 47.3 Å². The third kappa shape index (κ3) is 4.36. The van der Waals surface area contributed by atoms with Crippen LogP contribution in [0.3, 0.4) is 0 Å². The molecule has 0 unspecified atom stereocenters. The van der Waals surface area contributed by atoms with Crippen molar-refractivity contribution in [3.05, 3.63) is 64.7 Å². The van der Waals surface area contributed by atoms with Gasteiger partial charge in [0.25, 0.3) is 0 Å². The van der Waals surface area contributed by atoms with E-state index in [-0.39, 0.29) is 0 Å². The normalized spacial score (nSPS) is 16.9. The molecule has 4 aromatic rings. The van der Waals surface area contributed by atoms with E-state index in [1.54, 1.807) is 0 Å². The van der Waals surface area contributed by atoms with E-state index in [0.717, 1.165) is 42.6 Å². The van der Waals surface area contributed by atoms with Crippen LogP contribution in [0.4, 0.5) is 0 Å². The molecule has 4 nitrogen and oxygen atoms in total. The Hall–Kier alpha value is -2.34. The van der Waals surface area contributed by atoms with Gasteiger partial charge in [0.1, 0.15) is 18.5 Å². The van der Waals surface area contributed by atoms with Crippen molar-refractivity contribution in [2.24, 2.45) is 0 Å². The number of aliphatic hydroxyl groups excluding tert-OH is 1. The molecule has 1 saturated heterocycles. The maximum atomic E-state index is 10.5. The van der Waals surface area contributed by atoms with E-state index in [0.29, 0.717) is 19.1 Å². The summed E-state index contributed by atoms with van der Waals surface area (Å²) in [5.41, 5.74) is 3.78. The number of β-amino-alcohol motifs (C(OH)–C–C–N with tert-alkyl or cyclic N) is 1. The van der Waals surface area contributed by atoms with Gasteiger partial charge >= 0.3 is 0 Å². The molecule has 3 heterocycles. The molecule has 0 saturated carbocycles. The molecule has 162 valence electrons. The van der Waals surface area contributed by atoms with Crippen molar-refractivity contribution >= 4 is 32.3 Å². The summed E-state index contributed by atoms with van der Waals surface area (Å²) >= 11 is 1.96. The summed E-state index contributed by atoms with van der Waals surface area (Å²) in [5.74, 6) is 1.46. The Kier molecular flexibility index (Phi) is 5.74. The number of aryl methyl sites for hydroxylation is 2. The number of hydrogen-bond donors (Lipinski definition) is 2. The number of benzene rings is 2. The van der Waals surface area contributed by atoms with E-state index in [1.807, 2.05) is 41.8 Å². The van der Waals surface area contributed by atoms with Crippen molar-refractivity contribution < 1.29 is 9.84 Å². The number of aromatic nitrogens is 1. The van der Waals surface area contributed by atoms with Gasteiger partial charge in [-0.2, -0.15) is 0 Å². The molecule has 0 spiro atoms. The van der Waals surface area contributed by atoms with E-state index in [2.05, 4.69) is 41.9 Å². The largest absolute Gasteiger partial charge is 0.490 e. The molecule has 2 N–H and O–H groups in total. The van der Waals surface area contributed by atoms with Gasteiger partial charge in [-0.25, -0.2) is 0 Å². The van der Waals surface area contributed by atoms with Crippen LogP contribution in [0.25, 0.3) is 21.0 Å². The number of nitrogens with one attached hydrogen (secondary N) is 1. The van der Waals surface area contributed by atoms with Crippen LogP contribution in [0, 0.1) is 13.8 Å². The maximum Gasteiger partial charge on any atom is 0.128 e. The summed E-state index contributed by atoms with van der Waals surface area (Å²) in [7, 11) is 0. The molecule has 2 aromatic heterocycles. The topological polar surface area (TPSA) is 48.5 Å². The summed E-state index contributed by atoms with van der Waals surface area (Å²) < 4.78 is 7.35. The molecule has 0 amide bonds. The second kappa shape index (κ2) is 8.65. The van der Waals surface area contributed by atoms with Crippen molar-refractivity contribution in [3.63, 3.8) is 0 Å². The lowest BCUT2D eigenvalue weighted by atomic mass is 9.94. The quantitative estimate of drug-likeness (QED) is 0.414. The van der Waals surface area contributed by atoms with Gasteiger partial charge in [0.05, 0.1) is 0 Å². The lowest BCUT2D eigenvalue weighted by Crippen LogP contribution is -2.40. The van der Waals surface area contributed by atoms with Gasteiger partial charge in [-0.15, -0.1) is 11.3 Å². The highest BCUT2D eigenvalue weighted by Gasteiger charge is 2.24. The van der Waals surface area contributed by atoms with Crippen molar-refractivity contribution in [2.75, 3.05) is 26.2 Å². The van der Waals surface area contributed by atoms with Gasteiger partial charge < -0.3 is 19.7 Å². The molecule has 0 radical (unpaired) electrons. The van der Waals surface area contributed by atoms with E-state index >= 15 is 0 Å². The molecule has 1 aliphatic rings. The van der Waals surface area contributed by atoms with Crippen molar-refractivity contribution in [1.29, 1.82) is 0 Å². The minimum absolute atomic E-state index is 0.319. The van der Waals surface area contributed by atoms with Crippen molar-refractivity contribution in [2.45, 2.75) is 38.7 Å². The predicted molar refractivity (Wildman–Crippen MR) is 130 cm³/mol. The molecule has 1 aliphatic heterocycles. The second-order valence-electron chi connectivity index (χ2n) is 8.88. The number of thiophene rings is 1. The minimum atomic E-state index is -0.485. The summed E-state index contributed by atoms with van der Waals surface area (Å²) in [4.78, 5) is 7.09. The number of aliphatic hydroxyl groups is 1. The van der Waals surface area contributed by atoms with Gasteiger partial charge in [0.15, 0.2) is 0 Å². The standard InChI is InChI=1S/C26H30N2O2S/c1-17-12-18(2)22-14-25(31-26(22)13-17)19-7-10-28(11-8-19)15-20(29)16-30-24-5-3-4-23-21(24)6-9-27-23/h3-6,9,12-14,19-20,27,29H,7-8,10-11,15-16H2,1-2H3/t20-/m0/s1. The Bertz CT molecular complexity index is 1190. The zero-order chi connectivity index (χ0) is 21.4. The molecule has 31 heavy (non-hydrogen) atoms. The zero-order valence-electron chi connectivity index (χ0n) is 18.2. The molecule has 5 heteroatoms. The van der Waals surface area contributed by atoms with E-state index in [9.17, 15) is 5.11 Å². The molecule has 2 aromatic carbocycles. The van der Waals surface area contributed by atoms with Crippen LogP contribution >= 0.6 is 11.3 Å². The Morgan fingerprint density at radius 2 is 1.97 bits per heavy atom. The highest BCUT2D eigenvalue weighted by atomic mass is 32.1. The van der Waals surface area contributed by atoms with Crippen LogP contribution in [0.1, 0.15) is 34.8 Å². The van der Waals surface area contributed by atoms with Crippen molar-refractivity contribution in [3.8, 4) is 5.75 Å². The zero-order valence-corrected chi connectivity index (χ0v) is 19.0. The number of aromatic amines is 1. The predicted octanol–water partition coefficient (Wildman–Crippen LogP) is 5.62. The van der Waals surface area contributed by atoms with Crippen LogP contribution in [-0.2, 0) is 0 Å². The Morgan fingerprint density at radius 1 is 1.13 bits per heavy atom. The van der Waals surface area contributed by atoms with E-state index in [4.69, 9.17) is 4.74 Å². The molecular weight excluding hydrogens is 404 g/mol. The lowest BCUT2D eigenvalue weighted by molar-refractivity contribution is 0.0600. The first-order chi connectivity index (χ1) is 15.1. The number of likely N-dealkylation sites (tertiary alicyclic amines) is 1. The van der Waals surface area contributed by atoms with Crippen LogP contribution in [0.5, 0.6) is 5.75 Å². The van der Waals surface area contributed by atoms with Crippen LogP contribution in [0.2, 0.25) is 0 Å². The fourth-order valence-electron chi connectivity index (χ4n) is 4.83. The second-order valence-corrected chi connectivity index (χ2v) is 9.99. The van der Waals surface area contributed by atoms with E-state index < -0.39 is 6.10 Å². The number of hydrogen-bond acceptors (Lipinski definition) is 4. The number of piperidine rings is 1. The number of nitrogens with zero attached hydrogens (tertiary/aromatic N) is 1. The number of rotatable bonds is 6. The van der Waals surface area contributed by atoms with Gasteiger partial charge in [-0.3, -0.25) is 0 Å². The van der Waals surface area contributed by atoms with Gasteiger partial charge in [0, 0.05) is 33.2 Å². The molecule has 0 bridgehead atoms. The average molecular weight is 435 g/mol. The average Bonchev–Trinajstić information content (AvgIpc) is 3.40. The summed E-state index contributed by atoms with van der Waals surface area (Å²) in [5, 5.41) is 13.0. The first kappa shape index (κ1) is 20.6. The fourth-order valence-corrected chi connectivity index (χ4v) is 6.24. The Morgan fingerprint density at radius 3 is 2.81 bits per heavy atom. The Labute approximate surface area is 187 Å². The third-order valence-electron chi connectivity index (χ3n) is 6.45. The molecular formula is C26H30N2O2S. The minimum Gasteiger partial charge on any atom is -0.490 e. The monoisotopic (exact) mass is 434 g/mol. The number of fused-ring (bicyclic) bond motifs is 2. The highest BCUT2D eigenvalue weighted by molar-refractivity contribution is 7.19. The van der Waals surface area contributed by atoms with Crippen LogP contribution in [0.15, 0.2) is 48.7 Å². The van der Waals surface area contributed by atoms with Gasteiger partial charge in [0.2, 0.25) is 0 Å². The highest BCUT2D eigenvalue weighted by Crippen LogP contribution is 2.38. The van der Waals surface area contributed by atoms with E-state index in [1.165, 1.54) is 26.1 Å². The fraction of sp³-hybridized carbons (Fsp3) is 0.385. The van der Waals surface area contributed by atoms with Crippen molar-refractivity contribution in [1.82, 2.24) is 9.88 Å². The molecule has 5 rings (SSSR count). The van der Waals surface area contributed by atoms with Gasteiger partial charge in [-0.1, -0.05) is 12.1 Å². The Balaban J connectivity index is 1.15. The van der Waals surface area contributed by atoms with Gasteiger partial charge in [-0.05, 0) is 92.5 Å². The van der Waals surface area contributed by atoms with Crippen LogP contribution < -0.4 is 4.74 Å². The number of H-pyrrole nitrogens is 1. The summed E-state index contributed by atoms with van der Waals surface area (Å²) in [6, 6.07) is 15.0. The summed E-state index contributed by atoms with van der Waals surface area (Å²) in [6.45, 7) is 7.44. The lowest BCUT2D eigenvalue weighted by Gasteiger charge is -2.32. The smallest absolute Gasteiger partial charge is 0.128 e. The third-order valence-corrected chi connectivity index (χ3v) is 7.70. The first-order valence-electron chi connectivity index (χ1n) is 11.2. The summed E-state index contributed by atoms with van der Waals surface area (Å²) in [6.07, 6.45) is 3.74. The maximum absolute atomic E-state index is 10.5.